The van der Waals surface area contributed by atoms with Crippen molar-refractivity contribution in [2.75, 3.05) is 11.4 Å². The van der Waals surface area contributed by atoms with Crippen molar-refractivity contribution >= 4 is 28.2 Å². The first-order valence-corrected chi connectivity index (χ1v) is 5.73. The number of aliphatic hydroxyl groups excluding tert-OH is 1. The van der Waals surface area contributed by atoms with Gasteiger partial charge in [0.1, 0.15) is 5.00 Å². The molecule has 1 amide bonds. The number of hydrogen-bond acceptors (Lipinski definition) is 5. The lowest BCUT2D eigenvalue weighted by Gasteiger charge is -2.14. The number of carbonyl (C=O) groups is 2. The van der Waals surface area contributed by atoms with Crippen molar-refractivity contribution < 1.29 is 14.7 Å². The number of hydrogen-bond donors (Lipinski definition) is 1. The molecule has 5 nitrogen and oxygen atoms in total. The van der Waals surface area contributed by atoms with Crippen molar-refractivity contribution in [2.45, 2.75) is 26.4 Å². The summed E-state index contributed by atoms with van der Waals surface area (Å²) in [6, 6.07) is 0. The van der Waals surface area contributed by atoms with Gasteiger partial charge in [0.2, 0.25) is 5.91 Å². The third-order valence-electron chi connectivity index (χ3n) is 2.55. The molecule has 0 spiro atoms. The van der Waals surface area contributed by atoms with E-state index in [9.17, 15) is 14.7 Å². The number of ketones is 1. The lowest BCUT2D eigenvalue weighted by atomic mass is 10.2. The Kier molecular flexibility index (Phi) is 2.77. The van der Waals surface area contributed by atoms with Crippen molar-refractivity contribution in [3.8, 4) is 0 Å². The number of rotatable bonds is 2. The monoisotopic (exact) mass is 240 g/mol. The lowest BCUT2D eigenvalue weighted by molar-refractivity contribution is -0.117. The van der Waals surface area contributed by atoms with Crippen LogP contribution in [0.15, 0.2) is 0 Å². The van der Waals surface area contributed by atoms with Gasteiger partial charge in [-0.15, -0.1) is 0 Å². The smallest absolute Gasteiger partial charge is 0.230 e. The summed E-state index contributed by atoms with van der Waals surface area (Å²) in [6.45, 7) is 3.45. The Bertz CT molecular complexity index is 455. The van der Waals surface area contributed by atoms with Crippen molar-refractivity contribution in [3.63, 3.8) is 0 Å². The molecule has 0 saturated carbocycles. The first-order valence-electron chi connectivity index (χ1n) is 4.96. The fourth-order valence-corrected chi connectivity index (χ4v) is 2.80. The summed E-state index contributed by atoms with van der Waals surface area (Å²) in [6.07, 6.45) is -0.524. The molecular formula is C10H12N2O3S. The number of aliphatic hydroxyl groups is 1. The molecule has 6 heteroatoms. The summed E-state index contributed by atoms with van der Waals surface area (Å²) < 4.78 is 4.09. The van der Waals surface area contributed by atoms with Crippen molar-refractivity contribution in [1.82, 2.24) is 4.37 Å². The summed E-state index contributed by atoms with van der Waals surface area (Å²) >= 11 is 1.13. The molecule has 1 fully saturated rings. The van der Waals surface area contributed by atoms with Gasteiger partial charge in [0.25, 0.3) is 0 Å². The van der Waals surface area contributed by atoms with Crippen LogP contribution in [0.4, 0.5) is 5.00 Å². The molecule has 2 rings (SSSR count). The van der Waals surface area contributed by atoms with E-state index in [-0.39, 0.29) is 24.7 Å². The number of aryl methyl sites for hydroxylation is 1. The maximum absolute atomic E-state index is 11.6. The minimum Gasteiger partial charge on any atom is -0.391 e. The van der Waals surface area contributed by atoms with Crippen LogP contribution in [0.3, 0.4) is 0 Å². The van der Waals surface area contributed by atoms with E-state index in [1.165, 1.54) is 11.8 Å². The number of aromatic nitrogens is 1. The number of carbonyl (C=O) groups excluding carboxylic acids is 2. The van der Waals surface area contributed by atoms with E-state index in [2.05, 4.69) is 4.37 Å². The second-order valence-corrected chi connectivity index (χ2v) is 4.62. The maximum Gasteiger partial charge on any atom is 0.230 e. The fraction of sp³-hybridized carbons (Fsp3) is 0.500. The third-order valence-corrected chi connectivity index (χ3v) is 3.51. The zero-order valence-corrected chi connectivity index (χ0v) is 9.87. The largest absolute Gasteiger partial charge is 0.391 e. The highest BCUT2D eigenvalue weighted by atomic mass is 32.1. The summed E-state index contributed by atoms with van der Waals surface area (Å²) in [7, 11) is 0. The minimum absolute atomic E-state index is 0.101. The molecule has 0 aliphatic carbocycles. The molecule has 0 bridgehead atoms. The van der Waals surface area contributed by atoms with Gasteiger partial charge >= 0.3 is 0 Å². The number of anilines is 1. The van der Waals surface area contributed by atoms with E-state index in [4.69, 9.17) is 0 Å². The average molecular weight is 240 g/mol. The van der Waals surface area contributed by atoms with Crippen LogP contribution in [-0.2, 0) is 4.79 Å². The van der Waals surface area contributed by atoms with E-state index in [1.54, 1.807) is 6.92 Å². The standard InChI is InChI=1S/C10H12N2O3S/c1-5-9(6(2)13)10(16-11-5)12-4-7(14)3-8(12)15/h7,14H,3-4H2,1-2H3. The predicted molar refractivity (Wildman–Crippen MR) is 59.8 cm³/mol. The molecule has 16 heavy (non-hydrogen) atoms. The Labute approximate surface area is 96.9 Å². The normalized spacial score (nSPS) is 20.6. The molecule has 1 aliphatic heterocycles. The SMILES string of the molecule is CC(=O)c1c(C)nsc1N1CC(O)CC1=O. The first-order chi connectivity index (χ1) is 7.50. The van der Waals surface area contributed by atoms with Crippen LogP contribution in [0.5, 0.6) is 0 Å². The number of Topliss-reactive ketones (excluding diaryl/α,β-unsaturated/α-hetero) is 1. The predicted octanol–water partition coefficient (Wildman–Crippen LogP) is 0.752. The average Bonchev–Trinajstić information content (AvgIpc) is 2.69. The van der Waals surface area contributed by atoms with Gasteiger partial charge in [-0.05, 0) is 25.4 Å². The van der Waals surface area contributed by atoms with Crippen LogP contribution < -0.4 is 4.90 Å². The van der Waals surface area contributed by atoms with E-state index < -0.39 is 6.10 Å². The van der Waals surface area contributed by atoms with Crippen LogP contribution >= 0.6 is 11.5 Å². The van der Waals surface area contributed by atoms with Gasteiger partial charge in [0, 0.05) is 0 Å². The zero-order valence-electron chi connectivity index (χ0n) is 9.06. The topological polar surface area (TPSA) is 70.5 Å². The van der Waals surface area contributed by atoms with Crippen LogP contribution in [0.1, 0.15) is 29.4 Å². The highest BCUT2D eigenvalue weighted by molar-refractivity contribution is 7.11. The fourth-order valence-electron chi connectivity index (χ4n) is 1.83. The van der Waals surface area contributed by atoms with E-state index in [0.29, 0.717) is 16.3 Å². The second-order valence-electron chi connectivity index (χ2n) is 3.87. The molecule has 2 heterocycles. The molecular weight excluding hydrogens is 228 g/mol. The van der Waals surface area contributed by atoms with Crippen molar-refractivity contribution in [2.24, 2.45) is 0 Å². The summed E-state index contributed by atoms with van der Waals surface area (Å²) in [5.74, 6) is -0.255. The Morgan fingerprint density at radius 2 is 2.31 bits per heavy atom. The molecule has 1 unspecified atom stereocenters. The number of β-amino-alcohol motifs (C(OH)–C–C–N with tert-alkyl or cyclic N) is 1. The molecule has 0 radical (unpaired) electrons. The van der Waals surface area contributed by atoms with Crippen molar-refractivity contribution in [3.05, 3.63) is 11.3 Å². The van der Waals surface area contributed by atoms with Gasteiger partial charge in [0.05, 0.1) is 30.3 Å². The van der Waals surface area contributed by atoms with Gasteiger partial charge in [-0.3, -0.25) is 14.5 Å². The number of amides is 1. The highest BCUT2D eigenvalue weighted by Gasteiger charge is 2.33. The molecule has 1 aliphatic rings. The van der Waals surface area contributed by atoms with Crippen LogP contribution in [0.2, 0.25) is 0 Å². The third kappa shape index (κ3) is 1.74. The van der Waals surface area contributed by atoms with Crippen LogP contribution in [-0.4, -0.2) is 33.8 Å². The summed E-state index contributed by atoms with van der Waals surface area (Å²) in [5.41, 5.74) is 1.13. The Morgan fingerprint density at radius 1 is 1.62 bits per heavy atom. The van der Waals surface area contributed by atoms with Crippen LogP contribution in [0, 0.1) is 6.92 Å². The highest BCUT2D eigenvalue weighted by Crippen LogP contribution is 2.32. The Hall–Kier alpha value is -1.27. The van der Waals surface area contributed by atoms with Gasteiger partial charge < -0.3 is 5.11 Å². The first kappa shape index (κ1) is 11.2. The molecule has 0 aromatic carbocycles. The zero-order chi connectivity index (χ0) is 11.9. The Balaban J connectivity index is 2.41. The van der Waals surface area contributed by atoms with E-state index in [1.807, 2.05) is 0 Å². The quantitative estimate of drug-likeness (QED) is 0.774. The van der Waals surface area contributed by atoms with E-state index >= 15 is 0 Å². The van der Waals surface area contributed by atoms with Gasteiger partial charge in [0.15, 0.2) is 5.78 Å². The number of nitrogens with zero attached hydrogens (tertiary/aromatic N) is 2. The van der Waals surface area contributed by atoms with Gasteiger partial charge in [-0.1, -0.05) is 0 Å². The Morgan fingerprint density at radius 3 is 2.81 bits per heavy atom. The molecule has 1 N–H and O–H groups in total. The molecule has 1 aromatic rings. The second kappa shape index (κ2) is 3.95. The van der Waals surface area contributed by atoms with Crippen LogP contribution in [0.25, 0.3) is 0 Å². The summed E-state index contributed by atoms with van der Waals surface area (Å²) in [5, 5.41) is 9.97. The van der Waals surface area contributed by atoms with Crippen molar-refractivity contribution in [1.29, 1.82) is 0 Å². The van der Waals surface area contributed by atoms with E-state index in [0.717, 1.165) is 11.5 Å². The molecule has 1 aromatic heterocycles. The molecule has 86 valence electrons. The minimum atomic E-state index is -0.644. The van der Waals surface area contributed by atoms with Gasteiger partial charge in [-0.2, -0.15) is 4.37 Å². The van der Waals surface area contributed by atoms with Gasteiger partial charge in [-0.25, -0.2) is 0 Å². The lowest BCUT2D eigenvalue weighted by Crippen LogP contribution is -2.25. The summed E-state index contributed by atoms with van der Waals surface area (Å²) in [4.78, 5) is 24.5. The molecule has 1 saturated heterocycles. The maximum atomic E-state index is 11.6. The molecule has 1 atom stereocenters.